The summed E-state index contributed by atoms with van der Waals surface area (Å²) < 4.78 is 0.594. The van der Waals surface area contributed by atoms with Crippen molar-refractivity contribution in [2.45, 2.75) is 32.4 Å². The van der Waals surface area contributed by atoms with E-state index in [1.54, 1.807) is 18.2 Å². The molecule has 0 spiro atoms. The van der Waals surface area contributed by atoms with E-state index in [-0.39, 0.29) is 24.1 Å². The highest BCUT2D eigenvalue weighted by atomic mass is 79.9. The third-order valence-electron chi connectivity index (χ3n) is 2.97. The van der Waals surface area contributed by atoms with E-state index in [0.29, 0.717) is 10.0 Å². The second-order valence-corrected chi connectivity index (χ2v) is 4.93. The van der Waals surface area contributed by atoms with Gasteiger partial charge < -0.3 is 15.9 Å². The van der Waals surface area contributed by atoms with Crippen molar-refractivity contribution >= 4 is 28.3 Å². The zero-order chi connectivity index (χ0) is 12.3. The molecule has 0 amide bonds. The number of hydrogen-bond acceptors (Lipinski definition) is 3. The fraction of sp³-hybridized carbons (Fsp3) is 0.500. The summed E-state index contributed by atoms with van der Waals surface area (Å²) in [5, 5.41) is 19.8. The molecule has 1 aromatic carbocycles. The van der Waals surface area contributed by atoms with Gasteiger partial charge in [-0.05, 0) is 27.9 Å². The maximum atomic E-state index is 10.0. The van der Waals surface area contributed by atoms with Crippen molar-refractivity contribution in [1.29, 1.82) is 0 Å². The van der Waals surface area contributed by atoms with E-state index in [4.69, 9.17) is 5.73 Å². The second kappa shape index (κ2) is 7.21. The van der Waals surface area contributed by atoms with Gasteiger partial charge in [0.2, 0.25) is 0 Å². The molecule has 0 fully saturated rings. The highest BCUT2D eigenvalue weighted by Crippen LogP contribution is 2.33. The maximum absolute atomic E-state index is 10.0. The van der Waals surface area contributed by atoms with Crippen LogP contribution in [0, 0.1) is 5.92 Å². The van der Waals surface area contributed by atoms with E-state index >= 15 is 0 Å². The summed E-state index contributed by atoms with van der Waals surface area (Å²) in [7, 11) is 0. The predicted octanol–water partition coefficient (Wildman–Crippen LogP) is 2.98. The quantitative estimate of drug-likeness (QED) is 0.797. The first kappa shape index (κ1) is 16.7. The Hall–Kier alpha value is -0.290. The lowest BCUT2D eigenvalue weighted by atomic mass is 9.91. The molecule has 0 radical (unpaired) electrons. The first-order valence-electron chi connectivity index (χ1n) is 5.40. The number of benzene rings is 1. The Labute approximate surface area is 117 Å². The van der Waals surface area contributed by atoms with E-state index < -0.39 is 12.1 Å². The fourth-order valence-corrected chi connectivity index (χ4v) is 1.96. The topological polar surface area (TPSA) is 66.5 Å². The molecular weight excluding hydrogens is 305 g/mol. The van der Waals surface area contributed by atoms with Gasteiger partial charge in [0.1, 0.15) is 5.75 Å². The molecule has 0 saturated heterocycles. The molecule has 17 heavy (non-hydrogen) atoms. The largest absolute Gasteiger partial charge is 0.506 e. The van der Waals surface area contributed by atoms with E-state index in [1.807, 2.05) is 13.8 Å². The zero-order valence-corrected chi connectivity index (χ0v) is 12.3. The van der Waals surface area contributed by atoms with Crippen LogP contribution in [0.25, 0.3) is 0 Å². The molecule has 3 nitrogen and oxygen atoms in total. The van der Waals surface area contributed by atoms with Crippen LogP contribution in [0.1, 0.15) is 31.9 Å². The number of rotatable bonds is 4. The van der Waals surface area contributed by atoms with Gasteiger partial charge in [-0.1, -0.05) is 32.4 Å². The summed E-state index contributed by atoms with van der Waals surface area (Å²) in [4.78, 5) is 0. The third-order valence-corrected chi connectivity index (χ3v) is 3.61. The molecule has 4 N–H and O–H groups in total. The van der Waals surface area contributed by atoms with Gasteiger partial charge in [0.15, 0.2) is 0 Å². The summed E-state index contributed by atoms with van der Waals surface area (Å²) in [6.07, 6.45) is 0.203. The molecule has 1 aromatic rings. The van der Waals surface area contributed by atoms with Crippen LogP contribution in [0.3, 0.4) is 0 Å². The van der Waals surface area contributed by atoms with Crippen LogP contribution in [-0.4, -0.2) is 16.3 Å². The monoisotopic (exact) mass is 323 g/mol. The lowest BCUT2D eigenvalue weighted by molar-refractivity contribution is 0.0870. The minimum Gasteiger partial charge on any atom is -0.506 e. The van der Waals surface area contributed by atoms with Gasteiger partial charge >= 0.3 is 0 Å². The van der Waals surface area contributed by atoms with E-state index in [0.717, 1.165) is 6.42 Å². The first-order chi connectivity index (χ1) is 7.49. The molecule has 0 bridgehead atoms. The number of halogens is 2. The average Bonchev–Trinajstić information content (AvgIpc) is 2.29. The van der Waals surface area contributed by atoms with Crippen molar-refractivity contribution in [3.05, 3.63) is 28.2 Å². The Morgan fingerprint density at radius 2 is 2.00 bits per heavy atom. The molecule has 0 saturated carbocycles. The van der Waals surface area contributed by atoms with Gasteiger partial charge in [-0.15, -0.1) is 12.4 Å². The Kier molecular flexibility index (Phi) is 7.09. The number of hydrogen-bond donors (Lipinski definition) is 3. The molecule has 3 atom stereocenters. The molecular formula is C12H19BrClNO2. The maximum Gasteiger partial charge on any atom is 0.134 e. The van der Waals surface area contributed by atoms with Crippen LogP contribution in [0.15, 0.2) is 22.7 Å². The summed E-state index contributed by atoms with van der Waals surface area (Å²) in [6, 6.07) is 4.70. The van der Waals surface area contributed by atoms with Gasteiger partial charge in [-0.3, -0.25) is 0 Å². The highest BCUT2D eigenvalue weighted by molar-refractivity contribution is 9.10. The molecule has 0 aromatic heterocycles. The van der Waals surface area contributed by atoms with Gasteiger partial charge in [0.05, 0.1) is 16.6 Å². The SMILES string of the molecule is CCC(C)[C@@H](O)[C@@H](N)c1cccc(Br)c1O.Cl. The number of aliphatic hydroxyl groups is 1. The molecule has 98 valence electrons. The third kappa shape index (κ3) is 3.85. The molecule has 1 unspecified atom stereocenters. The normalized spacial score (nSPS) is 15.8. The molecule has 1 rings (SSSR count). The Morgan fingerprint density at radius 1 is 1.41 bits per heavy atom. The second-order valence-electron chi connectivity index (χ2n) is 4.08. The van der Waals surface area contributed by atoms with Crippen molar-refractivity contribution in [1.82, 2.24) is 0 Å². The number of aliphatic hydroxyl groups excluding tert-OH is 1. The summed E-state index contributed by atoms with van der Waals surface area (Å²) in [6.45, 7) is 3.95. The van der Waals surface area contributed by atoms with Crippen molar-refractivity contribution in [3.63, 3.8) is 0 Å². The van der Waals surface area contributed by atoms with Crippen LogP contribution < -0.4 is 5.73 Å². The minimum atomic E-state index is -0.648. The van der Waals surface area contributed by atoms with E-state index in [2.05, 4.69) is 15.9 Å². The predicted molar refractivity (Wildman–Crippen MR) is 75.4 cm³/mol. The first-order valence-corrected chi connectivity index (χ1v) is 6.19. The Morgan fingerprint density at radius 3 is 2.53 bits per heavy atom. The molecule has 0 aliphatic rings. The fourth-order valence-electron chi connectivity index (χ4n) is 1.58. The van der Waals surface area contributed by atoms with Crippen LogP contribution in [0.5, 0.6) is 5.75 Å². The molecule has 0 aliphatic carbocycles. The smallest absolute Gasteiger partial charge is 0.134 e. The highest BCUT2D eigenvalue weighted by Gasteiger charge is 2.24. The van der Waals surface area contributed by atoms with Crippen molar-refractivity contribution in [3.8, 4) is 5.75 Å². The number of nitrogens with two attached hydrogens (primary N) is 1. The summed E-state index contributed by atoms with van der Waals surface area (Å²) in [5.41, 5.74) is 6.53. The average molecular weight is 325 g/mol. The van der Waals surface area contributed by atoms with E-state index in [1.165, 1.54) is 0 Å². The van der Waals surface area contributed by atoms with Crippen molar-refractivity contribution in [2.75, 3.05) is 0 Å². The van der Waals surface area contributed by atoms with Gasteiger partial charge in [-0.2, -0.15) is 0 Å². The molecule has 0 heterocycles. The van der Waals surface area contributed by atoms with Gasteiger partial charge in [-0.25, -0.2) is 0 Å². The lowest BCUT2D eigenvalue weighted by Crippen LogP contribution is -2.31. The molecule has 5 heteroatoms. The van der Waals surface area contributed by atoms with Crippen LogP contribution in [0.2, 0.25) is 0 Å². The number of para-hydroxylation sites is 1. The number of phenolic OH excluding ortho intramolecular Hbond substituents is 1. The van der Waals surface area contributed by atoms with Crippen molar-refractivity contribution < 1.29 is 10.2 Å². The standard InChI is InChI=1S/C12H18BrNO2.ClH/c1-3-7(2)11(15)10(14)8-5-4-6-9(13)12(8)16;/h4-7,10-11,15-16H,3,14H2,1-2H3;1H/t7?,10-,11+;/m0./s1. The van der Waals surface area contributed by atoms with Crippen molar-refractivity contribution in [2.24, 2.45) is 11.7 Å². The number of aromatic hydroxyl groups is 1. The Bertz CT molecular complexity index is 362. The zero-order valence-electron chi connectivity index (χ0n) is 9.93. The number of phenols is 1. The van der Waals surface area contributed by atoms with E-state index in [9.17, 15) is 10.2 Å². The lowest BCUT2D eigenvalue weighted by Gasteiger charge is -2.25. The van der Waals surface area contributed by atoms with Crippen LogP contribution in [-0.2, 0) is 0 Å². The summed E-state index contributed by atoms with van der Waals surface area (Å²) >= 11 is 3.23. The van der Waals surface area contributed by atoms with Crippen LogP contribution >= 0.6 is 28.3 Å². The van der Waals surface area contributed by atoms with Gasteiger partial charge in [0.25, 0.3) is 0 Å². The molecule has 0 aliphatic heterocycles. The van der Waals surface area contributed by atoms with Crippen LogP contribution in [0.4, 0.5) is 0 Å². The van der Waals surface area contributed by atoms with Gasteiger partial charge in [0, 0.05) is 5.56 Å². The summed E-state index contributed by atoms with van der Waals surface area (Å²) in [5.74, 6) is 0.214. The minimum absolute atomic E-state index is 0. The Balaban J connectivity index is 0.00000256.